The molecule has 1 aromatic carbocycles. The lowest BCUT2D eigenvalue weighted by molar-refractivity contribution is -0.137. The molecule has 7 N–H and O–H groups in total. The van der Waals surface area contributed by atoms with Crippen LogP contribution in [0.3, 0.4) is 0 Å². The molecule has 2 aliphatic rings. The predicted octanol–water partition coefficient (Wildman–Crippen LogP) is -0.655. The fourth-order valence-corrected chi connectivity index (χ4v) is 5.62. The zero-order valence-corrected chi connectivity index (χ0v) is 26.1. The average molecular weight is 639 g/mol. The number of imidazole rings is 1. The number of benzene rings is 1. The van der Waals surface area contributed by atoms with Gasteiger partial charge in [0, 0.05) is 71.9 Å². The second-order valence-corrected chi connectivity index (χ2v) is 11.5. The topological polar surface area (TPSA) is 191 Å². The van der Waals surface area contributed by atoms with Gasteiger partial charge in [-0.3, -0.25) is 14.2 Å². The van der Waals surface area contributed by atoms with Crippen LogP contribution in [0.15, 0.2) is 43.0 Å². The number of hydrogen-bond donors (Lipinski definition) is 7. The minimum atomic E-state index is -1.43. The van der Waals surface area contributed by atoms with Crippen LogP contribution in [0.1, 0.15) is 37.5 Å². The van der Waals surface area contributed by atoms with Crippen molar-refractivity contribution in [3.05, 3.63) is 48.5 Å². The van der Waals surface area contributed by atoms with Crippen LogP contribution in [0, 0.1) is 0 Å². The maximum Gasteiger partial charge on any atom is 0.252 e. The third-order valence-corrected chi connectivity index (χ3v) is 8.23. The summed E-state index contributed by atoms with van der Waals surface area (Å²) in [5.74, 6) is 0.146. The number of aliphatic hydroxyl groups excluding tert-OH is 2. The highest BCUT2D eigenvalue weighted by Gasteiger charge is 2.47. The van der Waals surface area contributed by atoms with Gasteiger partial charge >= 0.3 is 0 Å². The first-order valence-corrected chi connectivity index (χ1v) is 16.2. The van der Waals surface area contributed by atoms with E-state index in [0.717, 1.165) is 57.7 Å². The number of anilines is 1. The van der Waals surface area contributed by atoms with Gasteiger partial charge in [-0.2, -0.15) is 0 Å². The molecule has 4 atom stereocenters. The third kappa shape index (κ3) is 8.96. The van der Waals surface area contributed by atoms with Gasteiger partial charge in [0.15, 0.2) is 29.3 Å². The Balaban J connectivity index is 1.06. The summed E-state index contributed by atoms with van der Waals surface area (Å²) in [5, 5.41) is 37.7. The zero-order valence-electron chi connectivity index (χ0n) is 26.1. The first-order chi connectivity index (χ1) is 22.5. The molecule has 2 aromatic heterocycles. The van der Waals surface area contributed by atoms with Crippen LogP contribution in [0.25, 0.3) is 11.2 Å². The number of amides is 2. The quantitative estimate of drug-likeness (QED) is 0.132. The van der Waals surface area contributed by atoms with E-state index in [4.69, 9.17) is 4.74 Å². The molecule has 4 unspecified atom stereocenters. The summed E-state index contributed by atoms with van der Waals surface area (Å²) >= 11 is 0. The summed E-state index contributed by atoms with van der Waals surface area (Å²) in [6, 6.07) is 9.85. The zero-order chi connectivity index (χ0) is 32.1. The van der Waals surface area contributed by atoms with Crippen molar-refractivity contribution in [1.82, 2.24) is 45.7 Å². The lowest BCUT2D eigenvalue weighted by atomic mass is 10.1. The molecular formula is C31H46N10O5. The van der Waals surface area contributed by atoms with Gasteiger partial charge in [0.25, 0.3) is 5.91 Å². The van der Waals surface area contributed by atoms with Crippen LogP contribution in [-0.4, -0.2) is 124 Å². The lowest BCUT2D eigenvalue weighted by Gasteiger charge is -2.24. The number of fused-ring (bicyclic) bond motifs is 1. The minimum absolute atomic E-state index is 0.140. The van der Waals surface area contributed by atoms with Crippen LogP contribution in [0.4, 0.5) is 5.82 Å². The van der Waals surface area contributed by atoms with Crippen molar-refractivity contribution in [2.24, 2.45) is 0 Å². The second-order valence-electron chi connectivity index (χ2n) is 11.5. The Bertz CT molecular complexity index is 1380. The van der Waals surface area contributed by atoms with Crippen LogP contribution in [0.5, 0.6) is 0 Å². The molecular weight excluding hydrogens is 592 g/mol. The van der Waals surface area contributed by atoms with E-state index in [9.17, 15) is 19.8 Å². The largest absolute Gasteiger partial charge is 0.387 e. The molecule has 46 heavy (non-hydrogen) atoms. The number of hydrogen-bond acceptors (Lipinski definition) is 12. The highest BCUT2D eigenvalue weighted by Crippen LogP contribution is 2.32. The summed E-state index contributed by atoms with van der Waals surface area (Å²) in [6.07, 6.45) is 0.328. The van der Waals surface area contributed by atoms with Gasteiger partial charge in [-0.05, 0) is 18.4 Å². The number of unbranched alkanes of at least 4 members (excludes halogenated alkanes) is 2. The van der Waals surface area contributed by atoms with E-state index >= 15 is 0 Å². The van der Waals surface area contributed by atoms with Crippen molar-refractivity contribution >= 4 is 28.8 Å². The minimum Gasteiger partial charge on any atom is -0.387 e. The van der Waals surface area contributed by atoms with Gasteiger partial charge in [-0.1, -0.05) is 36.8 Å². The normalized spacial score (nSPS) is 23.0. The van der Waals surface area contributed by atoms with Crippen molar-refractivity contribution in [2.45, 2.75) is 56.8 Å². The molecule has 2 aliphatic heterocycles. The van der Waals surface area contributed by atoms with E-state index < -0.39 is 30.4 Å². The first kappa shape index (κ1) is 33.6. The Labute approximate surface area is 268 Å². The van der Waals surface area contributed by atoms with Gasteiger partial charge in [-0.25, -0.2) is 15.0 Å². The number of ether oxygens (including phenoxy) is 1. The van der Waals surface area contributed by atoms with Crippen molar-refractivity contribution in [2.75, 3.05) is 64.2 Å². The first-order valence-electron chi connectivity index (χ1n) is 16.2. The summed E-state index contributed by atoms with van der Waals surface area (Å²) in [4.78, 5) is 40.7. The van der Waals surface area contributed by atoms with Gasteiger partial charge in [0.2, 0.25) is 5.91 Å². The average Bonchev–Trinajstić information content (AvgIpc) is 3.62. The highest BCUT2D eigenvalue weighted by atomic mass is 16.6. The van der Waals surface area contributed by atoms with Gasteiger partial charge < -0.3 is 46.4 Å². The molecule has 4 heterocycles. The molecule has 15 heteroatoms. The number of nitrogens with zero attached hydrogens (tertiary/aromatic N) is 5. The molecule has 0 saturated carbocycles. The van der Waals surface area contributed by atoms with E-state index in [2.05, 4.69) is 41.5 Å². The molecule has 5 rings (SSSR count). The van der Waals surface area contributed by atoms with Crippen molar-refractivity contribution < 1.29 is 24.5 Å². The number of carbonyl (C=O) groups excluding carboxylic acids is 2. The number of nitrogens with one attached hydrogen (secondary N) is 5. The van der Waals surface area contributed by atoms with Crippen LogP contribution < -0.4 is 26.6 Å². The number of carbonyl (C=O) groups is 2. The van der Waals surface area contributed by atoms with Gasteiger partial charge in [-0.15, -0.1) is 0 Å². The number of aromatic nitrogens is 4. The molecule has 0 spiro atoms. The Morgan fingerprint density at radius 1 is 0.891 bits per heavy atom. The van der Waals surface area contributed by atoms with E-state index in [1.165, 1.54) is 17.2 Å². The SMILES string of the molecule is O=C(NCCCCCC(=O)N1CCNCCNCCNCC1)C1OC(n2cnc3c(NCc4ccccc4)ncnc32)C(O)C1O. The van der Waals surface area contributed by atoms with Crippen molar-refractivity contribution in [3.63, 3.8) is 0 Å². The van der Waals surface area contributed by atoms with Crippen LogP contribution in [0.2, 0.25) is 0 Å². The van der Waals surface area contributed by atoms with Crippen molar-refractivity contribution in [1.29, 1.82) is 0 Å². The molecule has 2 amide bonds. The van der Waals surface area contributed by atoms with E-state index in [-0.39, 0.29) is 5.91 Å². The summed E-state index contributed by atoms with van der Waals surface area (Å²) in [6.45, 7) is 7.36. The monoisotopic (exact) mass is 638 g/mol. The van der Waals surface area contributed by atoms with Gasteiger partial charge in [0.05, 0.1) is 6.33 Å². The lowest BCUT2D eigenvalue weighted by Crippen LogP contribution is -2.44. The molecule has 250 valence electrons. The molecule has 0 radical (unpaired) electrons. The van der Waals surface area contributed by atoms with Crippen LogP contribution >= 0.6 is 0 Å². The Morgan fingerprint density at radius 2 is 1.61 bits per heavy atom. The fraction of sp³-hybridized carbons (Fsp3) is 0.581. The number of aliphatic hydroxyl groups is 2. The Kier molecular flexibility index (Phi) is 12.6. The molecule has 3 aromatic rings. The Morgan fingerprint density at radius 3 is 2.35 bits per heavy atom. The molecule has 2 saturated heterocycles. The standard InChI is InChI=1S/C31H46N10O5/c42-23(40-17-15-33-13-11-32-12-14-34-16-18-40)9-5-2-6-10-35-30(45)27-25(43)26(44)31(46-27)41-21-39-24-28(37-20-38-29(24)41)36-19-22-7-3-1-4-8-22/h1,3-4,7-8,20-21,25-27,31-34,43-44H,2,5-6,9-19H2,(H,35,45)(H,36,37,38). The van der Waals surface area contributed by atoms with Crippen LogP contribution in [-0.2, 0) is 20.9 Å². The maximum absolute atomic E-state index is 12.9. The Hall–Kier alpha value is -3.73. The smallest absolute Gasteiger partial charge is 0.252 e. The fourth-order valence-electron chi connectivity index (χ4n) is 5.62. The molecule has 2 fully saturated rings. The molecule has 15 nitrogen and oxygen atoms in total. The van der Waals surface area contributed by atoms with E-state index in [1.807, 2.05) is 35.2 Å². The van der Waals surface area contributed by atoms with Gasteiger partial charge in [0.1, 0.15) is 18.5 Å². The summed E-state index contributed by atoms with van der Waals surface area (Å²) in [5.41, 5.74) is 1.95. The highest BCUT2D eigenvalue weighted by molar-refractivity contribution is 5.83. The summed E-state index contributed by atoms with van der Waals surface area (Å²) < 4.78 is 7.37. The second kappa shape index (κ2) is 17.3. The maximum atomic E-state index is 12.9. The van der Waals surface area contributed by atoms with Crippen molar-refractivity contribution in [3.8, 4) is 0 Å². The van der Waals surface area contributed by atoms with E-state index in [1.54, 1.807) is 0 Å². The predicted molar refractivity (Wildman–Crippen MR) is 172 cm³/mol. The molecule has 0 aliphatic carbocycles. The van der Waals surface area contributed by atoms with E-state index in [0.29, 0.717) is 56.0 Å². The summed E-state index contributed by atoms with van der Waals surface area (Å²) in [7, 11) is 0. The third-order valence-electron chi connectivity index (χ3n) is 8.23. The number of rotatable bonds is 11. The molecule has 0 bridgehead atoms.